The summed E-state index contributed by atoms with van der Waals surface area (Å²) < 4.78 is 5.39. The van der Waals surface area contributed by atoms with E-state index in [1.165, 1.54) is 0 Å². The SMILES string of the molecule is O=[C]c1ccc(OCCCBr)cc1. The van der Waals surface area contributed by atoms with Gasteiger partial charge in [0.05, 0.1) is 6.61 Å². The van der Waals surface area contributed by atoms with Gasteiger partial charge in [0.25, 0.3) is 0 Å². The van der Waals surface area contributed by atoms with E-state index in [1.807, 2.05) is 6.29 Å². The highest BCUT2D eigenvalue weighted by molar-refractivity contribution is 9.09. The maximum atomic E-state index is 10.2. The summed E-state index contributed by atoms with van der Waals surface area (Å²) in [7, 11) is 0. The summed E-state index contributed by atoms with van der Waals surface area (Å²) >= 11 is 3.31. The summed E-state index contributed by atoms with van der Waals surface area (Å²) in [5, 5.41) is 0.938. The van der Waals surface area contributed by atoms with E-state index in [2.05, 4.69) is 15.9 Å². The minimum atomic E-state index is 0.549. The maximum absolute atomic E-state index is 10.2. The fourth-order valence-corrected chi connectivity index (χ4v) is 1.09. The van der Waals surface area contributed by atoms with Crippen LogP contribution < -0.4 is 4.74 Å². The van der Waals surface area contributed by atoms with Crippen LogP contribution in [0.2, 0.25) is 0 Å². The summed E-state index contributed by atoms with van der Waals surface area (Å²) in [6, 6.07) is 6.93. The Kier molecular flexibility index (Phi) is 4.54. The lowest BCUT2D eigenvalue weighted by Gasteiger charge is -2.03. The molecule has 0 N–H and O–H groups in total. The molecule has 1 aromatic rings. The largest absolute Gasteiger partial charge is 0.494 e. The number of ether oxygens (including phenoxy) is 1. The van der Waals surface area contributed by atoms with Crippen LogP contribution in [-0.2, 0) is 4.79 Å². The first kappa shape index (κ1) is 10.3. The highest BCUT2D eigenvalue weighted by Gasteiger charge is 1.94. The molecule has 13 heavy (non-hydrogen) atoms. The van der Waals surface area contributed by atoms with Crippen LogP contribution in [-0.4, -0.2) is 18.2 Å². The highest BCUT2D eigenvalue weighted by atomic mass is 79.9. The van der Waals surface area contributed by atoms with Crippen LogP contribution in [0.1, 0.15) is 12.0 Å². The van der Waals surface area contributed by atoms with E-state index in [0.717, 1.165) is 17.5 Å². The van der Waals surface area contributed by atoms with Crippen LogP contribution in [0.3, 0.4) is 0 Å². The van der Waals surface area contributed by atoms with E-state index in [-0.39, 0.29) is 0 Å². The Hall–Kier alpha value is -0.830. The van der Waals surface area contributed by atoms with Crippen molar-refractivity contribution in [2.45, 2.75) is 6.42 Å². The molecule has 69 valence electrons. The van der Waals surface area contributed by atoms with Gasteiger partial charge in [-0.1, -0.05) is 15.9 Å². The molecule has 0 fully saturated rings. The lowest BCUT2D eigenvalue weighted by Crippen LogP contribution is -1.97. The Labute approximate surface area is 86.0 Å². The Morgan fingerprint density at radius 3 is 2.54 bits per heavy atom. The van der Waals surface area contributed by atoms with Gasteiger partial charge in [-0.25, -0.2) is 0 Å². The van der Waals surface area contributed by atoms with Crippen LogP contribution >= 0.6 is 15.9 Å². The number of carbonyl (C=O) groups excluding carboxylic acids is 1. The molecular formula is C10H10BrO2. The molecule has 0 aliphatic carbocycles. The summed E-state index contributed by atoms with van der Waals surface area (Å²) in [4.78, 5) is 10.2. The third-order valence-corrected chi connectivity index (χ3v) is 2.08. The van der Waals surface area contributed by atoms with Crippen molar-refractivity contribution in [2.24, 2.45) is 0 Å². The Bertz CT molecular complexity index is 256. The predicted molar refractivity (Wildman–Crippen MR) is 55.1 cm³/mol. The van der Waals surface area contributed by atoms with Gasteiger partial charge in [-0.3, -0.25) is 4.79 Å². The zero-order valence-electron chi connectivity index (χ0n) is 7.13. The third-order valence-electron chi connectivity index (χ3n) is 1.52. The molecule has 3 heteroatoms. The standard InChI is InChI=1S/C10H10BrO2/c11-6-1-7-13-10-4-2-9(8-12)3-5-10/h2-5H,1,6-7H2. The molecule has 0 saturated carbocycles. The Balaban J connectivity index is 2.44. The quantitative estimate of drug-likeness (QED) is 0.585. The summed E-state index contributed by atoms with van der Waals surface area (Å²) in [6.07, 6.45) is 2.78. The van der Waals surface area contributed by atoms with Crippen LogP contribution in [0.25, 0.3) is 0 Å². The average Bonchev–Trinajstić information content (AvgIpc) is 2.19. The number of hydrogen-bond donors (Lipinski definition) is 0. The second kappa shape index (κ2) is 5.75. The van der Waals surface area contributed by atoms with Crippen LogP contribution in [0.5, 0.6) is 5.75 Å². The fraction of sp³-hybridized carbons (Fsp3) is 0.300. The Morgan fingerprint density at radius 2 is 2.00 bits per heavy atom. The number of benzene rings is 1. The molecule has 0 aliphatic rings. The van der Waals surface area contributed by atoms with E-state index in [1.54, 1.807) is 24.3 Å². The molecule has 2 nitrogen and oxygen atoms in total. The number of alkyl halides is 1. The normalized spacial score (nSPS) is 9.62. The van der Waals surface area contributed by atoms with Gasteiger partial charge in [-0.2, -0.15) is 0 Å². The van der Waals surface area contributed by atoms with E-state index in [4.69, 9.17) is 4.74 Å². The lowest BCUT2D eigenvalue weighted by molar-refractivity contribution is 0.319. The average molecular weight is 242 g/mol. The second-order valence-corrected chi connectivity index (χ2v) is 3.31. The molecule has 1 aromatic carbocycles. The van der Waals surface area contributed by atoms with Gasteiger partial charge in [-0.05, 0) is 30.7 Å². The zero-order chi connectivity index (χ0) is 9.52. The van der Waals surface area contributed by atoms with Crippen molar-refractivity contribution in [1.82, 2.24) is 0 Å². The van der Waals surface area contributed by atoms with Crippen LogP contribution in [0.4, 0.5) is 0 Å². The van der Waals surface area contributed by atoms with E-state index in [0.29, 0.717) is 12.2 Å². The first-order chi connectivity index (χ1) is 6.36. The zero-order valence-corrected chi connectivity index (χ0v) is 8.71. The van der Waals surface area contributed by atoms with Crippen molar-refractivity contribution in [1.29, 1.82) is 0 Å². The molecule has 0 spiro atoms. The van der Waals surface area contributed by atoms with Gasteiger partial charge >= 0.3 is 0 Å². The van der Waals surface area contributed by atoms with Crippen molar-refractivity contribution in [3.05, 3.63) is 29.8 Å². The van der Waals surface area contributed by atoms with Crippen molar-refractivity contribution in [3.63, 3.8) is 0 Å². The molecule has 0 atom stereocenters. The van der Waals surface area contributed by atoms with Crippen LogP contribution in [0, 0.1) is 0 Å². The van der Waals surface area contributed by atoms with Crippen molar-refractivity contribution in [2.75, 3.05) is 11.9 Å². The molecule has 0 heterocycles. The van der Waals surface area contributed by atoms with Gasteiger partial charge in [0, 0.05) is 10.9 Å². The first-order valence-electron chi connectivity index (χ1n) is 4.04. The van der Waals surface area contributed by atoms with Gasteiger partial charge in [0.2, 0.25) is 6.29 Å². The van der Waals surface area contributed by atoms with Gasteiger partial charge < -0.3 is 4.74 Å². The summed E-state index contributed by atoms with van der Waals surface area (Å²) in [5.41, 5.74) is 0.549. The van der Waals surface area contributed by atoms with Crippen molar-refractivity contribution >= 4 is 22.2 Å². The van der Waals surface area contributed by atoms with Gasteiger partial charge in [-0.15, -0.1) is 0 Å². The number of hydrogen-bond acceptors (Lipinski definition) is 2. The first-order valence-corrected chi connectivity index (χ1v) is 5.16. The highest BCUT2D eigenvalue weighted by Crippen LogP contribution is 2.11. The number of rotatable bonds is 5. The molecule has 0 bridgehead atoms. The predicted octanol–water partition coefficient (Wildman–Crippen LogP) is 2.31. The smallest absolute Gasteiger partial charge is 0.233 e. The molecular weight excluding hydrogens is 232 g/mol. The fourth-order valence-electron chi connectivity index (χ4n) is 0.864. The molecule has 0 saturated heterocycles. The van der Waals surface area contributed by atoms with Gasteiger partial charge in [0.1, 0.15) is 5.75 Å². The van der Waals surface area contributed by atoms with Gasteiger partial charge in [0.15, 0.2) is 0 Å². The maximum Gasteiger partial charge on any atom is 0.233 e. The topological polar surface area (TPSA) is 26.3 Å². The molecule has 0 unspecified atom stereocenters. The molecule has 0 aliphatic heterocycles. The van der Waals surface area contributed by atoms with E-state index in [9.17, 15) is 4.79 Å². The van der Waals surface area contributed by atoms with E-state index < -0.39 is 0 Å². The molecule has 1 radical (unpaired) electrons. The monoisotopic (exact) mass is 241 g/mol. The minimum absolute atomic E-state index is 0.549. The minimum Gasteiger partial charge on any atom is -0.494 e. The summed E-state index contributed by atoms with van der Waals surface area (Å²) in [5.74, 6) is 0.792. The molecule has 0 amide bonds. The van der Waals surface area contributed by atoms with Crippen LogP contribution in [0.15, 0.2) is 24.3 Å². The third kappa shape index (κ3) is 3.59. The molecule has 0 aromatic heterocycles. The molecule has 1 rings (SSSR count). The Morgan fingerprint density at radius 1 is 1.31 bits per heavy atom. The summed E-state index contributed by atoms with van der Waals surface area (Å²) in [6.45, 7) is 0.690. The van der Waals surface area contributed by atoms with Crippen molar-refractivity contribution < 1.29 is 9.53 Å². The second-order valence-electron chi connectivity index (χ2n) is 2.52. The van der Waals surface area contributed by atoms with Crippen molar-refractivity contribution in [3.8, 4) is 5.75 Å². The lowest BCUT2D eigenvalue weighted by atomic mass is 10.2. The van der Waals surface area contributed by atoms with E-state index >= 15 is 0 Å². The number of halogens is 1.